The highest BCUT2D eigenvalue weighted by molar-refractivity contribution is 9.10. The predicted molar refractivity (Wildman–Crippen MR) is 73.8 cm³/mol. The summed E-state index contributed by atoms with van der Waals surface area (Å²) in [6.07, 6.45) is 0.785. The van der Waals surface area contributed by atoms with Gasteiger partial charge in [-0.25, -0.2) is 12.7 Å². The van der Waals surface area contributed by atoms with E-state index in [1.807, 2.05) is 6.92 Å². The van der Waals surface area contributed by atoms with E-state index in [0.717, 1.165) is 12.0 Å². The quantitative estimate of drug-likeness (QED) is 0.772. The first-order valence-corrected chi connectivity index (χ1v) is 8.01. The Hall–Kier alpha value is -0.100. The number of alkyl halides is 1. The van der Waals surface area contributed by atoms with Gasteiger partial charge in [-0.3, -0.25) is 0 Å². The van der Waals surface area contributed by atoms with Crippen molar-refractivity contribution < 1.29 is 8.42 Å². The van der Waals surface area contributed by atoms with Gasteiger partial charge in [0.1, 0.15) is 0 Å². The molecule has 0 N–H and O–H groups in total. The predicted octanol–water partition coefficient (Wildman–Crippen LogP) is 3.22. The fraction of sp³-hybridized carbons (Fsp3) is 0.455. The van der Waals surface area contributed by atoms with E-state index in [1.54, 1.807) is 25.2 Å². The molecule has 0 fully saturated rings. The van der Waals surface area contributed by atoms with Gasteiger partial charge in [-0.15, -0.1) is 11.6 Å². The van der Waals surface area contributed by atoms with Crippen LogP contribution in [-0.2, 0) is 15.9 Å². The molecular formula is C11H15BrClNO2S. The molecule has 1 aromatic rings. The number of halogens is 2. The van der Waals surface area contributed by atoms with Crippen LogP contribution in [0.5, 0.6) is 0 Å². The standard InChI is InChI=1S/C11H15BrClNO2S/c1-3-6-14(2)17(15,16)11-5-4-9(8-13)7-10(11)12/h4-5,7H,3,6,8H2,1-2H3. The topological polar surface area (TPSA) is 37.4 Å². The summed E-state index contributed by atoms with van der Waals surface area (Å²) in [5, 5.41) is 0. The molecule has 0 atom stereocenters. The van der Waals surface area contributed by atoms with Gasteiger partial charge >= 0.3 is 0 Å². The van der Waals surface area contributed by atoms with Crippen LogP contribution in [-0.4, -0.2) is 26.3 Å². The molecule has 0 aliphatic heterocycles. The van der Waals surface area contributed by atoms with Crippen molar-refractivity contribution in [2.45, 2.75) is 24.1 Å². The van der Waals surface area contributed by atoms with Crippen LogP contribution in [0.15, 0.2) is 27.6 Å². The third kappa shape index (κ3) is 3.44. The molecule has 0 spiro atoms. The highest BCUT2D eigenvalue weighted by atomic mass is 79.9. The lowest BCUT2D eigenvalue weighted by Gasteiger charge is -2.17. The number of hydrogen-bond acceptors (Lipinski definition) is 2. The Balaban J connectivity index is 3.16. The van der Waals surface area contributed by atoms with Gasteiger partial charge in [0, 0.05) is 23.9 Å². The summed E-state index contributed by atoms with van der Waals surface area (Å²) in [6.45, 7) is 2.45. The van der Waals surface area contributed by atoms with Crippen molar-refractivity contribution in [2.24, 2.45) is 0 Å². The molecule has 1 aromatic carbocycles. The molecule has 0 heterocycles. The van der Waals surface area contributed by atoms with Crippen molar-refractivity contribution in [1.82, 2.24) is 4.31 Å². The van der Waals surface area contributed by atoms with Crippen LogP contribution in [0, 0.1) is 0 Å². The maximum Gasteiger partial charge on any atom is 0.243 e. The van der Waals surface area contributed by atoms with E-state index in [2.05, 4.69) is 15.9 Å². The molecule has 17 heavy (non-hydrogen) atoms. The van der Waals surface area contributed by atoms with Gasteiger partial charge in [0.15, 0.2) is 0 Å². The first kappa shape index (κ1) is 15.0. The molecular weight excluding hydrogens is 326 g/mol. The van der Waals surface area contributed by atoms with E-state index < -0.39 is 10.0 Å². The van der Waals surface area contributed by atoms with Crippen molar-refractivity contribution in [1.29, 1.82) is 0 Å². The smallest absolute Gasteiger partial charge is 0.207 e. The highest BCUT2D eigenvalue weighted by Crippen LogP contribution is 2.26. The summed E-state index contributed by atoms with van der Waals surface area (Å²) >= 11 is 8.98. The Morgan fingerprint density at radius 3 is 2.53 bits per heavy atom. The largest absolute Gasteiger partial charge is 0.243 e. The molecule has 0 radical (unpaired) electrons. The summed E-state index contributed by atoms with van der Waals surface area (Å²) in [5.74, 6) is 0.365. The summed E-state index contributed by atoms with van der Waals surface area (Å²) in [5.41, 5.74) is 0.885. The van der Waals surface area contributed by atoms with Gasteiger partial charge in [0.25, 0.3) is 0 Å². The fourth-order valence-corrected chi connectivity index (χ4v) is 3.95. The van der Waals surface area contributed by atoms with Gasteiger partial charge in [-0.1, -0.05) is 13.0 Å². The van der Waals surface area contributed by atoms with E-state index >= 15 is 0 Å². The number of hydrogen-bond donors (Lipinski definition) is 0. The minimum atomic E-state index is -3.41. The van der Waals surface area contributed by atoms with Crippen LogP contribution in [0.25, 0.3) is 0 Å². The second-order valence-electron chi connectivity index (χ2n) is 3.72. The van der Waals surface area contributed by atoms with Crippen molar-refractivity contribution in [3.63, 3.8) is 0 Å². The molecule has 0 unspecified atom stereocenters. The van der Waals surface area contributed by atoms with Crippen LogP contribution in [0.2, 0.25) is 0 Å². The molecule has 0 aliphatic rings. The molecule has 0 aliphatic carbocycles. The number of sulfonamides is 1. The van der Waals surface area contributed by atoms with E-state index in [4.69, 9.17) is 11.6 Å². The van der Waals surface area contributed by atoms with Crippen LogP contribution in [0.1, 0.15) is 18.9 Å². The van der Waals surface area contributed by atoms with Gasteiger partial charge in [0.2, 0.25) is 10.0 Å². The lowest BCUT2D eigenvalue weighted by molar-refractivity contribution is 0.468. The average Bonchev–Trinajstić information content (AvgIpc) is 2.28. The number of benzene rings is 1. The Labute approximate surface area is 116 Å². The number of nitrogens with zero attached hydrogens (tertiary/aromatic N) is 1. The van der Waals surface area contributed by atoms with E-state index in [1.165, 1.54) is 4.31 Å². The van der Waals surface area contributed by atoms with Gasteiger partial charge in [-0.2, -0.15) is 0 Å². The number of rotatable bonds is 5. The van der Waals surface area contributed by atoms with Crippen LogP contribution < -0.4 is 0 Å². The first-order chi connectivity index (χ1) is 7.93. The highest BCUT2D eigenvalue weighted by Gasteiger charge is 2.22. The lowest BCUT2D eigenvalue weighted by Crippen LogP contribution is -2.27. The van der Waals surface area contributed by atoms with E-state index in [-0.39, 0.29) is 4.90 Å². The molecule has 0 amide bonds. The zero-order valence-electron chi connectivity index (χ0n) is 9.78. The van der Waals surface area contributed by atoms with Crippen LogP contribution in [0.3, 0.4) is 0 Å². The normalized spacial score (nSPS) is 12.1. The van der Waals surface area contributed by atoms with Crippen LogP contribution in [0.4, 0.5) is 0 Å². The minimum Gasteiger partial charge on any atom is -0.207 e. The molecule has 1 rings (SSSR count). The molecule has 3 nitrogen and oxygen atoms in total. The summed E-state index contributed by atoms with van der Waals surface area (Å²) < 4.78 is 26.3. The summed E-state index contributed by atoms with van der Waals surface area (Å²) in [6, 6.07) is 5.05. The van der Waals surface area contributed by atoms with Crippen molar-refractivity contribution in [3.8, 4) is 0 Å². The first-order valence-electron chi connectivity index (χ1n) is 5.24. The second kappa shape index (κ2) is 6.18. The maximum absolute atomic E-state index is 12.2. The zero-order chi connectivity index (χ0) is 13.1. The third-order valence-corrected chi connectivity index (χ3v) is 5.52. The average molecular weight is 341 g/mol. The van der Waals surface area contributed by atoms with Gasteiger partial charge in [-0.05, 0) is 40.0 Å². The van der Waals surface area contributed by atoms with Gasteiger partial charge in [0.05, 0.1) is 4.90 Å². The Kier molecular flexibility index (Phi) is 5.44. The Bertz CT molecular complexity index is 490. The van der Waals surface area contributed by atoms with E-state index in [9.17, 15) is 8.42 Å². The van der Waals surface area contributed by atoms with E-state index in [0.29, 0.717) is 16.9 Å². The fourth-order valence-electron chi connectivity index (χ4n) is 1.44. The van der Waals surface area contributed by atoms with Crippen molar-refractivity contribution in [2.75, 3.05) is 13.6 Å². The molecule has 0 saturated carbocycles. The van der Waals surface area contributed by atoms with Crippen LogP contribution >= 0.6 is 27.5 Å². The zero-order valence-corrected chi connectivity index (χ0v) is 12.9. The minimum absolute atomic E-state index is 0.280. The van der Waals surface area contributed by atoms with Gasteiger partial charge < -0.3 is 0 Å². The summed E-state index contributed by atoms with van der Waals surface area (Å²) in [7, 11) is -1.83. The Morgan fingerprint density at radius 2 is 2.06 bits per heavy atom. The lowest BCUT2D eigenvalue weighted by atomic mass is 10.2. The molecule has 96 valence electrons. The SMILES string of the molecule is CCCN(C)S(=O)(=O)c1ccc(CCl)cc1Br. The molecule has 0 bridgehead atoms. The second-order valence-corrected chi connectivity index (χ2v) is 6.86. The summed E-state index contributed by atoms with van der Waals surface area (Å²) in [4.78, 5) is 0.280. The molecule has 6 heteroatoms. The van der Waals surface area contributed by atoms with Crippen molar-refractivity contribution in [3.05, 3.63) is 28.2 Å². The molecule has 0 saturated heterocycles. The maximum atomic E-state index is 12.2. The third-order valence-electron chi connectivity index (χ3n) is 2.38. The molecule has 0 aromatic heterocycles. The van der Waals surface area contributed by atoms with Crippen molar-refractivity contribution >= 4 is 37.6 Å². The monoisotopic (exact) mass is 339 g/mol. The Morgan fingerprint density at radius 1 is 1.41 bits per heavy atom.